The summed E-state index contributed by atoms with van der Waals surface area (Å²) in [5.74, 6) is -3.52. The summed E-state index contributed by atoms with van der Waals surface area (Å²) in [5, 5.41) is 9.95. The van der Waals surface area contributed by atoms with E-state index in [1.165, 1.54) is 42.5 Å². The van der Waals surface area contributed by atoms with E-state index in [4.69, 9.17) is 10.5 Å². The second-order valence-corrected chi connectivity index (χ2v) is 10.2. The molecule has 0 saturated heterocycles. The highest BCUT2D eigenvalue weighted by Crippen LogP contribution is 2.38. The van der Waals surface area contributed by atoms with Crippen LogP contribution in [-0.2, 0) is 9.53 Å². The standard InChI is InChI=1S/C24H15Br2F2N3O3S/c1-2-34-24(33)20-19(14-9-13(26)4-6-17(14)28)15(10-29)21(30)31-22(32)18(35-23(20)31)8-11-7-12(25)3-5-16(11)27/h3-9,19H,2,30H2,1H3/b18-8-/t19-/m0/s1. The minimum Gasteiger partial charge on any atom is -0.463 e. The third kappa shape index (κ3) is 4.49. The summed E-state index contributed by atoms with van der Waals surface area (Å²) in [6, 6.07) is 10.3. The van der Waals surface area contributed by atoms with Crippen LogP contribution in [0.3, 0.4) is 0 Å². The Morgan fingerprint density at radius 2 is 1.89 bits per heavy atom. The lowest BCUT2D eigenvalue weighted by atomic mass is 9.83. The van der Waals surface area contributed by atoms with Crippen molar-refractivity contribution in [3.8, 4) is 6.07 Å². The number of esters is 1. The molecule has 0 unspecified atom stereocenters. The molecule has 3 aromatic rings. The van der Waals surface area contributed by atoms with Gasteiger partial charge in [0.05, 0.1) is 34.3 Å². The predicted octanol–water partition coefficient (Wildman–Crippen LogP) is 3.70. The maximum atomic E-state index is 15.0. The smallest absolute Gasteiger partial charge is 0.338 e. The Hall–Kier alpha value is -3.07. The van der Waals surface area contributed by atoms with E-state index in [1.54, 1.807) is 6.92 Å². The van der Waals surface area contributed by atoms with Gasteiger partial charge in [-0.1, -0.05) is 31.9 Å². The van der Waals surface area contributed by atoms with E-state index in [9.17, 15) is 23.6 Å². The molecule has 1 aliphatic heterocycles. The Labute approximate surface area is 218 Å². The first-order valence-electron chi connectivity index (χ1n) is 10.1. The van der Waals surface area contributed by atoms with Crippen LogP contribution in [0.2, 0.25) is 0 Å². The Morgan fingerprint density at radius 3 is 2.54 bits per heavy atom. The van der Waals surface area contributed by atoms with Crippen molar-refractivity contribution in [1.29, 1.82) is 5.26 Å². The number of ether oxygens (including phenoxy) is 1. The van der Waals surface area contributed by atoms with E-state index in [1.807, 2.05) is 6.07 Å². The number of nitriles is 1. The molecule has 0 amide bonds. The zero-order valence-electron chi connectivity index (χ0n) is 17.9. The summed E-state index contributed by atoms with van der Waals surface area (Å²) in [6.45, 7) is 1.61. The maximum Gasteiger partial charge on any atom is 0.338 e. The highest BCUT2D eigenvalue weighted by atomic mass is 79.9. The van der Waals surface area contributed by atoms with Crippen molar-refractivity contribution in [2.75, 3.05) is 6.61 Å². The number of carbonyl (C=O) groups is 1. The summed E-state index contributed by atoms with van der Waals surface area (Å²) in [4.78, 5) is 26.4. The SMILES string of the molecule is CCOC(=O)C1=c2s/c(=C\c3cc(Br)ccc3F)c(=O)n2C(N)=C(C#N)[C@@H]1c1cc(Br)ccc1F. The van der Waals surface area contributed by atoms with Crippen LogP contribution < -0.4 is 20.5 Å². The zero-order chi connectivity index (χ0) is 25.4. The van der Waals surface area contributed by atoms with Crippen LogP contribution in [0, 0.1) is 23.0 Å². The third-order valence-corrected chi connectivity index (χ3v) is 7.37. The van der Waals surface area contributed by atoms with Gasteiger partial charge in [0.1, 0.15) is 22.1 Å². The van der Waals surface area contributed by atoms with Crippen molar-refractivity contribution in [2.45, 2.75) is 12.8 Å². The monoisotopic (exact) mass is 621 g/mol. The molecule has 0 spiro atoms. The van der Waals surface area contributed by atoms with Gasteiger partial charge >= 0.3 is 5.97 Å². The minimum absolute atomic E-state index is 0.00887. The molecule has 2 aromatic carbocycles. The van der Waals surface area contributed by atoms with Crippen LogP contribution in [0.1, 0.15) is 24.0 Å². The Bertz CT molecular complexity index is 1640. The van der Waals surface area contributed by atoms with E-state index in [2.05, 4.69) is 31.9 Å². The average Bonchev–Trinajstić information content (AvgIpc) is 3.13. The summed E-state index contributed by atoms with van der Waals surface area (Å²) < 4.78 is 36.8. The Kier molecular flexibility index (Phi) is 7.07. The molecule has 0 bridgehead atoms. The van der Waals surface area contributed by atoms with E-state index in [-0.39, 0.29) is 43.9 Å². The summed E-state index contributed by atoms with van der Waals surface area (Å²) in [6.07, 6.45) is 1.33. The second kappa shape index (κ2) is 9.89. The maximum absolute atomic E-state index is 15.0. The fourth-order valence-corrected chi connectivity index (χ4v) is 5.68. The fourth-order valence-electron chi connectivity index (χ4n) is 3.77. The van der Waals surface area contributed by atoms with Crippen LogP contribution in [0.4, 0.5) is 8.78 Å². The number of carbonyl (C=O) groups excluding carboxylic acids is 1. The normalized spacial score (nSPS) is 15.7. The van der Waals surface area contributed by atoms with Crippen molar-refractivity contribution in [2.24, 2.45) is 5.73 Å². The first kappa shape index (κ1) is 25.0. The van der Waals surface area contributed by atoms with Crippen LogP contribution >= 0.6 is 43.2 Å². The molecule has 6 nitrogen and oxygen atoms in total. The fraction of sp³-hybridized carbons (Fsp3) is 0.125. The lowest BCUT2D eigenvalue weighted by Crippen LogP contribution is -2.40. The minimum atomic E-state index is -1.22. The molecule has 1 aromatic heterocycles. The van der Waals surface area contributed by atoms with E-state index >= 15 is 0 Å². The molecule has 2 N–H and O–H groups in total. The van der Waals surface area contributed by atoms with Crippen molar-refractivity contribution in [3.05, 3.63) is 93.2 Å². The molecule has 11 heteroatoms. The van der Waals surface area contributed by atoms with Crippen LogP contribution in [0.15, 0.2) is 55.7 Å². The number of nitrogens with two attached hydrogens (primary N) is 1. The van der Waals surface area contributed by atoms with Gasteiger partial charge in [0.15, 0.2) is 0 Å². The third-order valence-electron chi connectivity index (χ3n) is 5.28. The van der Waals surface area contributed by atoms with Gasteiger partial charge in [-0.3, -0.25) is 9.36 Å². The topological polar surface area (TPSA) is 98.1 Å². The first-order chi connectivity index (χ1) is 16.7. The number of rotatable bonds is 4. The highest BCUT2D eigenvalue weighted by Gasteiger charge is 2.37. The van der Waals surface area contributed by atoms with Crippen LogP contribution in [0.5, 0.6) is 0 Å². The molecule has 0 saturated carbocycles. The van der Waals surface area contributed by atoms with Gasteiger partial charge in [-0.25, -0.2) is 13.6 Å². The number of allylic oxidation sites excluding steroid dienone is 1. The number of hydrogen-bond donors (Lipinski definition) is 1. The average molecular weight is 623 g/mol. The molecule has 35 heavy (non-hydrogen) atoms. The van der Waals surface area contributed by atoms with Gasteiger partial charge in [0, 0.05) is 20.1 Å². The van der Waals surface area contributed by atoms with Crippen LogP contribution in [-0.4, -0.2) is 17.1 Å². The number of nitrogens with zero attached hydrogens (tertiary/aromatic N) is 2. The number of hydrogen-bond acceptors (Lipinski definition) is 6. The number of thiazole rings is 1. The van der Waals surface area contributed by atoms with E-state index in [0.29, 0.717) is 8.95 Å². The van der Waals surface area contributed by atoms with Gasteiger partial charge in [-0.15, -0.1) is 11.3 Å². The molecule has 2 heterocycles. The van der Waals surface area contributed by atoms with Crippen molar-refractivity contribution in [1.82, 2.24) is 4.57 Å². The zero-order valence-corrected chi connectivity index (χ0v) is 21.9. The van der Waals surface area contributed by atoms with Crippen molar-refractivity contribution < 1.29 is 18.3 Å². The number of benzene rings is 2. The second-order valence-electron chi connectivity index (χ2n) is 7.37. The molecular formula is C24H15Br2F2N3O3S. The summed E-state index contributed by atoms with van der Waals surface area (Å²) in [5.41, 5.74) is 5.45. The lowest BCUT2D eigenvalue weighted by molar-refractivity contribution is -0.136. The quantitative estimate of drug-likeness (QED) is 0.448. The van der Waals surface area contributed by atoms with Crippen molar-refractivity contribution in [3.63, 3.8) is 0 Å². The molecule has 1 atom stereocenters. The number of aromatic nitrogens is 1. The first-order valence-corrected chi connectivity index (χ1v) is 12.5. The van der Waals surface area contributed by atoms with E-state index in [0.717, 1.165) is 15.9 Å². The molecule has 178 valence electrons. The van der Waals surface area contributed by atoms with Gasteiger partial charge in [-0.05, 0) is 49.4 Å². The summed E-state index contributed by atoms with van der Waals surface area (Å²) >= 11 is 7.43. The molecule has 1 aliphatic rings. The molecular weight excluding hydrogens is 608 g/mol. The highest BCUT2D eigenvalue weighted by molar-refractivity contribution is 9.10. The molecule has 0 fully saturated rings. The summed E-state index contributed by atoms with van der Waals surface area (Å²) in [7, 11) is 0. The molecule has 0 radical (unpaired) electrons. The number of halogens is 4. The molecule has 0 aliphatic carbocycles. The lowest BCUT2D eigenvalue weighted by Gasteiger charge is -2.25. The van der Waals surface area contributed by atoms with Gasteiger partial charge in [0.25, 0.3) is 5.56 Å². The van der Waals surface area contributed by atoms with Gasteiger partial charge in [0.2, 0.25) is 0 Å². The Morgan fingerprint density at radius 1 is 1.23 bits per heavy atom. The van der Waals surface area contributed by atoms with E-state index < -0.39 is 29.1 Å². The predicted molar refractivity (Wildman–Crippen MR) is 135 cm³/mol. The Balaban J connectivity index is 2.14. The number of fused-ring (bicyclic) bond motifs is 1. The molecule has 4 rings (SSSR count). The van der Waals surface area contributed by atoms with Crippen molar-refractivity contribution >= 4 is 66.6 Å². The largest absolute Gasteiger partial charge is 0.463 e. The van der Waals surface area contributed by atoms with Gasteiger partial charge < -0.3 is 10.5 Å². The van der Waals surface area contributed by atoms with Crippen LogP contribution in [0.25, 0.3) is 17.5 Å². The van der Waals surface area contributed by atoms with Gasteiger partial charge in [-0.2, -0.15) is 5.26 Å².